The second-order valence-corrected chi connectivity index (χ2v) is 9.14. The molecule has 3 rings (SSSR count). The minimum absolute atomic E-state index is 0.0307. The van der Waals surface area contributed by atoms with Crippen molar-refractivity contribution in [1.82, 2.24) is 9.62 Å². The number of aliphatic hydroxyl groups is 1. The number of amides is 1. The minimum Gasteiger partial charge on any atom is -0.393 e. The highest BCUT2D eigenvalue weighted by atomic mass is 32.2. The van der Waals surface area contributed by atoms with Crippen LogP contribution in [0.15, 0.2) is 23.1 Å². The number of aliphatic hydroxyl groups excluding tert-OH is 1. The van der Waals surface area contributed by atoms with Crippen LogP contribution < -0.4 is 5.32 Å². The van der Waals surface area contributed by atoms with Crippen LogP contribution in [-0.4, -0.2) is 49.0 Å². The molecule has 0 aromatic heterocycles. The first kappa shape index (κ1) is 20.2. The van der Waals surface area contributed by atoms with Crippen molar-refractivity contribution < 1.29 is 27.1 Å². The van der Waals surface area contributed by atoms with Gasteiger partial charge in [0.05, 0.1) is 12.0 Å². The maximum absolute atomic E-state index is 14.0. The molecule has 1 aliphatic heterocycles. The zero-order valence-electron chi connectivity index (χ0n) is 14.9. The van der Waals surface area contributed by atoms with Crippen molar-refractivity contribution in [1.29, 1.82) is 0 Å². The van der Waals surface area contributed by atoms with Crippen molar-refractivity contribution in [2.75, 3.05) is 13.1 Å². The molecule has 1 unspecified atom stereocenters. The van der Waals surface area contributed by atoms with Crippen LogP contribution in [0.5, 0.6) is 0 Å². The molecule has 1 aromatic carbocycles. The van der Waals surface area contributed by atoms with E-state index >= 15 is 0 Å². The second kappa shape index (κ2) is 8.20. The lowest BCUT2D eigenvalue weighted by molar-refractivity contribution is -0.127. The number of piperidine rings is 1. The fourth-order valence-electron chi connectivity index (χ4n) is 3.77. The summed E-state index contributed by atoms with van der Waals surface area (Å²) >= 11 is 0. The third-order valence-corrected chi connectivity index (χ3v) is 7.23. The molecule has 0 bridgehead atoms. The molecule has 27 heavy (non-hydrogen) atoms. The zero-order valence-corrected chi connectivity index (χ0v) is 15.7. The van der Waals surface area contributed by atoms with Crippen LogP contribution in [0.3, 0.4) is 0 Å². The molecule has 1 aliphatic carbocycles. The molecule has 0 spiro atoms. The number of carbonyl (C=O) groups is 1. The molecule has 2 N–H and O–H groups in total. The highest BCUT2D eigenvalue weighted by molar-refractivity contribution is 7.89. The van der Waals surface area contributed by atoms with Crippen molar-refractivity contribution in [2.24, 2.45) is 5.92 Å². The molecular formula is C18H24F2N2O4S. The first-order valence-electron chi connectivity index (χ1n) is 9.21. The highest BCUT2D eigenvalue weighted by Crippen LogP contribution is 2.28. The maximum Gasteiger partial charge on any atom is 0.248 e. The lowest BCUT2D eigenvalue weighted by atomic mass is 9.92. The predicted molar refractivity (Wildman–Crippen MR) is 94.2 cm³/mol. The molecule has 1 atom stereocenters. The van der Waals surface area contributed by atoms with Crippen LogP contribution in [0.2, 0.25) is 0 Å². The van der Waals surface area contributed by atoms with Crippen molar-refractivity contribution in [3.63, 3.8) is 0 Å². The molecule has 6 nitrogen and oxygen atoms in total. The van der Waals surface area contributed by atoms with Gasteiger partial charge < -0.3 is 10.4 Å². The number of sulfonamides is 1. The van der Waals surface area contributed by atoms with Gasteiger partial charge in [-0.15, -0.1) is 0 Å². The SMILES string of the molecule is O=C(NC1CCC(O)CC1)C1CCCN(S(=O)(=O)c2c(F)cccc2F)C1. The van der Waals surface area contributed by atoms with E-state index in [1.807, 2.05) is 0 Å². The van der Waals surface area contributed by atoms with Gasteiger partial charge in [-0.05, 0) is 50.7 Å². The van der Waals surface area contributed by atoms with E-state index in [0.717, 1.165) is 22.5 Å². The van der Waals surface area contributed by atoms with Crippen LogP contribution in [-0.2, 0) is 14.8 Å². The maximum atomic E-state index is 14.0. The molecule has 2 aliphatic rings. The molecular weight excluding hydrogens is 378 g/mol. The van der Waals surface area contributed by atoms with Crippen molar-refractivity contribution in [2.45, 2.75) is 55.6 Å². The van der Waals surface area contributed by atoms with Gasteiger partial charge in [-0.25, -0.2) is 17.2 Å². The van der Waals surface area contributed by atoms with E-state index < -0.39 is 32.5 Å². The molecule has 0 radical (unpaired) electrons. The van der Waals surface area contributed by atoms with Crippen LogP contribution in [0.4, 0.5) is 8.78 Å². The zero-order chi connectivity index (χ0) is 19.6. The van der Waals surface area contributed by atoms with E-state index in [4.69, 9.17) is 0 Å². The summed E-state index contributed by atoms with van der Waals surface area (Å²) in [4.78, 5) is 11.6. The van der Waals surface area contributed by atoms with Crippen molar-refractivity contribution in [3.05, 3.63) is 29.8 Å². The van der Waals surface area contributed by atoms with E-state index in [1.54, 1.807) is 0 Å². The smallest absolute Gasteiger partial charge is 0.248 e. The van der Waals surface area contributed by atoms with E-state index in [1.165, 1.54) is 0 Å². The summed E-state index contributed by atoms with van der Waals surface area (Å²) in [6, 6.07) is 2.89. The Morgan fingerprint density at radius 1 is 1.11 bits per heavy atom. The fourth-order valence-corrected chi connectivity index (χ4v) is 5.40. The number of hydrogen-bond acceptors (Lipinski definition) is 4. The van der Waals surface area contributed by atoms with E-state index in [9.17, 15) is 27.1 Å². The van der Waals surface area contributed by atoms with Crippen LogP contribution in [0, 0.1) is 17.6 Å². The van der Waals surface area contributed by atoms with E-state index in [-0.39, 0.29) is 31.1 Å². The van der Waals surface area contributed by atoms with Gasteiger partial charge in [0.25, 0.3) is 0 Å². The summed E-state index contributed by atoms with van der Waals surface area (Å²) in [5.41, 5.74) is 0. The van der Waals surface area contributed by atoms with Crippen LogP contribution in [0.25, 0.3) is 0 Å². The second-order valence-electron chi connectivity index (χ2n) is 7.27. The Morgan fingerprint density at radius 2 is 1.74 bits per heavy atom. The number of nitrogens with zero attached hydrogens (tertiary/aromatic N) is 1. The first-order chi connectivity index (χ1) is 12.8. The molecule has 1 aromatic rings. The summed E-state index contributed by atoms with van der Waals surface area (Å²) in [7, 11) is -4.36. The van der Waals surface area contributed by atoms with Crippen molar-refractivity contribution >= 4 is 15.9 Å². The molecule has 1 saturated heterocycles. The Morgan fingerprint density at radius 3 is 2.37 bits per heavy atom. The first-order valence-corrected chi connectivity index (χ1v) is 10.7. The number of nitrogens with one attached hydrogen (secondary N) is 1. The van der Waals surface area contributed by atoms with E-state index in [0.29, 0.717) is 38.5 Å². The molecule has 1 saturated carbocycles. The van der Waals surface area contributed by atoms with Gasteiger partial charge >= 0.3 is 0 Å². The minimum atomic E-state index is -4.36. The normalized spacial score (nSPS) is 27.3. The average Bonchev–Trinajstić information content (AvgIpc) is 2.63. The monoisotopic (exact) mass is 402 g/mol. The molecule has 1 heterocycles. The van der Waals surface area contributed by atoms with Crippen LogP contribution >= 0.6 is 0 Å². The summed E-state index contributed by atoms with van der Waals surface area (Å²) in [5.74, 6) is -3.08. The summed E-state index contributed by atoms with van der Waals surface area (Å²) in [6.07, 6.45) is 3.25. The van der Waals surface area contributed by atoms with Gasteiger partial charge in [0.1, 0.15) is 11.6 Å². The molecule has 1 amide bonds. The Kier molecular flexibility index (Phi) is 6.12. The van der Waals surface area contributed by atoms with Crippen LogP contribution in [0.1, 0.15) is 38.5 Å². The quantitative estimate of drug-likeness (QED) is 0.804. The van der Waals surface area contributed by atoms with Gasteiger partial charge in [0, 0.05) is 19.1 Å². The van der Waals surface area contributed by atoms with Gasteiger partial charge in [-0.2, -0.15) is 4.31 Å². The molecule has 2 fully saturated rings. The summed E-state index contributed by atoms with van der Waals surface area (Å²) in [5, 5.41) is 12.5. The Balaban J connectivity index is 1.69. The van der Waals surface area contributed by atoms with E-state index in [2.05, 4.69) is 5.32 Å². The number of hydrogen-bond donors (Lipinski definition) is 2. The Hall–Kier alpha value is -1.58. The van der Waals surface area contributed by atoms with Crippen molar-refractivity contribution in [3.8, 4) is 0 Å². The predicted octanol–water partition coefficient (Wildman–Crippen LogP) is 1.79. The Bertz CT molecular complexity index is 774. The standard InChI is InChI=1S/C18H24F2N2O4S/c19-15-4-1-5-16(20)17(15)27(25,26)22-10-2-3-12(11-22)18(24)21-13-6-8-14(23)9-7-13/h1,4-5,12-14,23H,2-3,6-11H2,(H,21,24). The van der Waals surface area contributed by atoms with Gasteiger partial charge in [-0.1, -0.05) is 6.07 Å². The lowest BCUT2D eigenvalue weighted by Gasteiger charge is -2.33. The molecule has 150 valence electrons. The number of rotatable bonds is 4. The third kappa shape index (κ3) is 4.47. The molecule has 9 heteroatoms. The number of carbonyl (C=O) groups excluding carboxylic acids is 1. The Labute approximate surface area is 157 Å². The lowest BCUT2D eigenvalue weighted by Crippen LogP contribution is -2.48. The van der Waals surface area contributed by atoms with Gasteiger partial charge in [-0.3, -0.25) is 4.79 Å². The summed E-state index contributed by atoms with van der Waals surface area (Å²) < 4.78 is 54.3. The number of halogens is 2. The third-order valence-electron chi connectivity index (χ3n) is 5.31. The number of benzene rings is 1. The topological polar surface area (TPSA) is 86.7 Å². The largest absolute Gasteiger partial charge is 0.393 e. The highest BCUT2D eigenvalue weighted by Gasteiger charge is 2.37. The average molecular weight is 402 g/mol. The fraction of sp³-hybridized carbons (Fsp3) is 0.611. The van der Waals surface area contributed by atoms with Gasteiger partial charge in [0.2, 0.25) is 15.9 Å². The van der Waals surface area contributed by atoms with Gasteiger partial charge in [0.15, 0.2) is 4.90 Å². The summed E-state index contributed by atoms with van der Waals surface area (Å²) in [6.45, 7) is 0.0206.